The van der Waals surface area contributed by atoms with Crippen molar-refractivity contribution in [2.45, 2.75) is 12.5 Å². The number of nitrogens with one attached hydrogen (secondary N) is 2. The van der Waals surface area contributed by atoms with Crippen LogP contribution in [0.4, 0.5) is 14.6 Å². The van der Waals surface area contributed by atoms with E-state index in [9.17, 15) is 22.0 Å². The molecule has 0 saturated carbocycles. The number of rotatable bonds is 3. The fourth-order valence-electron chi connectivity index (χ4n) is 2.74. The zero-order valence-corrected chi connectivity index (χ0v) is 14.8. The van der Waals surface area contributed by atoms with E-state index in [1.54, 1.807) is 0 Å². The van der Waals surface area contributed by atoms with Crippen LogP contribution in [0, 0.1) is 11.6 Å². The number of benzene rings is 1. The first-order valence-electron chi connectivity index (χ1n) is 7.67. The Balaban J connectivity index is 1.96. The first-order chi connectivity index (χ1) is 12.6. The number of nitrogens with two attached hydrogens (primary N) is 1. The van der Waals surface area contributed by atoms with Gasteiger partial charge in [0.2, 0.25) is 16.0 Å². The van der Waals surface area contributed by atoms with Crippen LogP contribution >= 0.6 is 0 Å². The molecule has 1 aliphatic heterocycles. The number of aromatic nitrogens is 1. The molecule has 27 heavy (non-hydrogen) atoms. The van der Waals surface area contributed by atoms with Gasteiger partial charge >= 0.3 is 0 Å². The molecule has 1 aliphatic rings. The van der Waals surface area contributed by atoms with Crippen molar-refractivity contribution in [1.82, 2.24) is 9.71 Å². The van der Waals surface area contributed by atoms with Crippen molar-refractivity contribution in [3.8, 4) is 0 Å². The molecule has 1 aromatic heterocycles. The Morgan fingerprint density at radius 3 is 2.67 bits per heavy atom. The van der Waals surface area contributed by atoms with Gasteiger partial charge in [0, 0.05) is 11.1 Å². The van der Waals surface area contributed by atoms with Crippen LogP contribution in [0.2, 0.25) is 0 Å². The number of hydrogen-bond acceptors (Lipinski definition) is 6. The van der Waals surface area contributed by atoms with E-state index in [0.29, 0.717) is 0 Å². The molecule has 4 N–H and O–H groups in total. The molecule has 1 atom stereocenters. The third kappa shape index (κ3) is 4.03. The van der Waals surface area contributed by atoms with Crippen LogP contribution in [0.5, 0.6) is 0 Å². The Labute approximate surface area is 153 Å². The first-order valence-corrected chi connectivity index (χ1v) is 9.32. The topological polar surface area (TPSA) is 127 Å². The van der Waals surface area contributed by atoms with Gasteiger partial charge in [-0.15, -0.1) is 0 Å². The molecule has 11 heteroatoms. The van der Waals surface area contributed by atoms with Crippen LogP contribution in [0.3, 0.4) is 0 Å². The maximum absolute atomic E-state index is 14.4. The van der Waals surface area contributed by atoms with Gasteiger partial charge in [0.15, 0.2) is 0 Å². The minimum Gasteiger partial charge on any atom is -0.369 e. The smallest absolute Gasteiger partial charge is 0.256 e. The minimum atomic E-state index is -3.81. The fraction of sp³-hybridized carbons (Fsp3) is 0.188. The number of pyridine rings is 1. The first kappa shape index (κ1) is 18.7. The SMILES string of the molecule is C[C@@]1(c2cc(C(=O)Nc3ccc(F)cn3)ccc2F)CS(=O)(=O)NC(N)=N1. The highest BCUT2D eigenvalue weighted by atomic mass is 32.2. The van der Waals surface area contributed by atoms with E-state index in [4.69, 9.17) is 5.73 Å². The van der Waals surface area contributed by atoms with Crippen molar-refractivity contribution in [3.63, 3.8) is 0 Å². The molecule has 1 aromatic carbocycles. The van der Waals surface area contributed by atoms with E-state index in [0.717, 1.165) is 18.3 Å². The van der Waals surface area contributed by atoms with Gasteiger partial charge in [-0.3, -0.25) is 9.52 Å². The lowest BCUT2D eigenvalue weighted by atomic mass is 9.92. The monoisotopic (exact) mass is 395 g/mol. The molecule has 0 radical (unpaired) electrons. The summed E-state index contributed by atoms with van der Waals surface area (Å²) in [4.78, 5) is 20.1. The highest BCUT2D eigenvalue weighted by Crippen LogP contribution is 2.32. The van der Waals surface area contributed by atoms with Gasteiger partial charge in [-0.1, -0.05) is 0 Å². The average molecular weight is 395 g/mol. The number of guanidine groups is 1. The zero-order valence-electron chi connectivity index (χ0n) is 14.0. The maximum Gasteiger partial charge on any atom is 0.256 e. The molecule has 8 nitrogen and oxygen atoms in total. The van der Waals surface area contributed by atoms with Crippen molar-refractivity contribution in [2.24, 2.45) is 10.7 Å². The van der Waals surface area contributed by atoms with Crippen LogP contribution in [0.25, 0.3) is 0 Å². The Hall–Kier alpha value is -3.08. The Bertz CT molecular complexity index is 1040. The number of carbonyl (C=O) groups is 1. The number of carbonyl (C=O) groups excluding carboxylic acids is 1. The van der Waals surface area contributed by atoms with Gasteiger partial charge in [0.05, 0.1) is 11.9 Å². The van der Waals surface area contributed by atoms with E-state index >= 15 is 0 Å². The summed E-state index contributed by atoms with van der Waals surface area (Å²) in [6, 6.07) is 5.85. The predicted octanol–water partition coefficient (Wildman–Crippen LogP) is 1.07. The minimum absolute atomic E-state index is 0.0449. The van der Waals surface area contributed by atoms with Gasteiger partial charge < -0.3 is 11.1 Å². The summed E-state index contributed by atoms with van der Waals surface area (Å²) < 4.78 is 53.2. The second kappa shape index (κ2) is 6.58. The van der Waals surface area contributed by atoms with Crippen LogP contribution in [-0.4, -0.2) is 31.0 Å². The summed E-state index contributed by atoms with van der Waals surface area (Å²) >= 11 is 0. The third-order valence-corrected chi connectivity index (χ3v) is 5.34. The Morgan fingerprint density at radius 1 is 1.30 bits per heavy atom. The fourth-order valence-corrected chi connectivity index (χ4v) is 4.14. The molecule has 2 aromatic rings. The lowest BCUT2D eigenvalue weighted by Gasteiger charge is -2.30. The van der Waals surface area contributed by atoms with Gasteiger partial charge in [0.1, 0.15) is 23.0 Å². The Morgan fingerprint density at radius 2 is 2.04 bits per heavy atom. The number of sulfonamides is 1. The molecule has 0 bridgehead atoms. The summed E-state index contributed by atoms with van der Waals surface area (Å²) in [5.41, 5.74) is 3.94. The summed E-state index contributed by atoms with van der Waals surface area (Å²) in [6.07, 6.45) is 0.935. The largest absolute Gasteiger partial charge is 0.369 e. The summed E-state index contributed by atoms with van der Waals surface area (Å²) in [5.74, 6) is -2.73. The second-order valence-corrected chi connectivity index (χ2v) is 7.86. The summed E-state index contributed by atoms with van der Waals surface area (Å²) in [7, 11) is -3.81. The van der Waals surface area contributed by atoms with Crippen LogP contribution in [0.15, 0.2) is 41.5 Å². The van der Waals surface area contributed by atoms with Gasteiger partial charge in [-0.05, 0) is 37.3 Å². The standard InChI is InChI=1S/C16H15F2N5O3S/c1-16(8-27(25,26)23-15(19)22-16)11-6-9(2-4-12(11)18)14(24)21-13-5-3-10(17)7-20-13/h2-7H,8H2,1H3,(H3,19,22,23)(H,20,21,24)/t16-/m0/s1. The molecule has 0 unspecified atom stereocenters. The molecular formula is C16H15F2N5O3S. The van der Waals surface area contributed by atoms with Crippen LogP contribution in [-0.2, 0) is 15.6 Å². The highest BCUT2D eigenvalue weighted by molar-refractivity contribution is 7.90. The molecule has 0 saturated heterocycles. The van der Waals surface area contributed by atoms with Crippen molar-refractivity contribution < 1.29 is 22.0 Å². The summed E-state index contributed by atoms with van der Waals surface area (Å²) in [6.45, 7) is 1.40. The van der Waals surface area contributed by atoms with Crippen molar-refractivity contribution in [3.05, 3.63) is 59.3 Å². The quantitative estimate of drug-likeness (QED) is 0.717. The number of aliphatic imine (C=N–C) groups is 1. The second-order valence-electron chi connectivity index (χ2n) is 6.14. The van der Waals surface area contributed by atoms with Crippen molar-refractivity contribution >= 4 is 27.7 Å². The van der Waals surface area contributed by atoms with Crippen LogP contribution < -0.4 is 15.8 Å². The van der Waals surface area contributed by atoms with Crippen molar-refractivity contribution in [1.29, 1.82) is 0 Å². The van der Waals surface area contributed by atoms with E-state index in [2.05, 4.69) is 15.3 Å². The van der Waals surface area contributed by atoms with Gasteiger partial charge in [0.25, 0.3) is 5.91 Å². The molecule has 1 amide bonds. The summed E-state index contributed by atoms with van der Waals surface area (Å²) in [5, 5.41) is 2.44. The van der Waals surface area contributed by atoms with Crippen LogP contribution in [0.1, 0.15) is 22.8 Å². The molecule has 0 spiro atoms. The molecule has 142 valence electrons. The molecular weight excluding hydrogens is 380 g/mol. The molecule has 0 aliphatic carbocycles. The number of amides is 1. The predicted molar refractivity (Wildman–Crippen MR) is 94.4 cm³/mol. The zero-order chi connectivity index (χ0) is 19.8. The maximum atomic E-state index is 14.4. The lowest BCUT2D eigenvalue weighted by molar-refractivity contribution is 0.102. The van der Waals surface area contributed by atoms with E-state index < -0.39 is 38.9 Å². The lowest BCUT2D eigenvalue weighted by Crippen LogP contribution is -2.49. The number of halogens is 2. The molecule has 0 fully saturated rings. The normalized spacial score (nSPS) is 21.1. The number of nitrogens with zero attached hydrogens (tertiary/aromatic N) is 2. The van der Waals surface area contributed by atoms with E-state index in [-0.39, 0.29) is 22.9 Å². The molecule has 2 heterocycles. The van der Waals surface area contributed by atoms with Crippen molar-refractivity contribution in [2.75, 3.05) is 11.1 Å². The van der Waals surface area contributed by atoms with Gasteiger partial charge in [-0.2, -0.15) is 0 Å². The van der Waals surface area contributed by atoms with E-state index in [1.807, 2.05) is 4.72 Å². The number of hydrogen-bond donors (Lipinski definition) is 3. The van der Waals surface area contributed by atoms with Gasteiger partial charge in [-0.25, -0.2) is 27.2 Å². The van der Waals surface area contributed by atoms with E-state index in [1.165, 1.54) is 25.1 Å². The highest BCUT2D eigenvalue weighted by Gasteiger charge is 2.39. The number of anilines is 1. The average Bonchev–Trinajstić information content (AvgIpc) is 2.55. The molecule has 3 rings (SSSR count). The Kier molecular flexibility index (Phi) is 4.56. The third-order valence-electron chi connectivity index (χ3n) is 3.88.